The van der Waals surface area contributed by atoms with Gasteiger partial charge in [0.1, 0.15) is 0 Å². The number of hydrogen-bond donors (Lipinski definition) is 1. The van der Waals surface area contributed by atoms with Crippen molar-refractivity contribution in [3.63, 3.8) is 0 Å². The van der Waals surface area contributed by atoms with Crippen LogP contribution in [-0.2, 0) is 9.53 Å². The van der Waals surface area contributed by atoms with Gasteiger partial charge < -0.3 is 10.5 Å². The fraction of sp³-hybridized carbons (Fsp3) is 0.308. The van der Waals surface area contributed by atoms with Gasteiger partial charge in [-0.1, -0.05) is 36.3 Å². The summed E-state index contributed by atoms with van der Waals surface area (Å²) >= 11 is 0. The molecule has 0 bridgehead atoms. The number of rotatable bonds is 4. The molecule has 0 saturated carbocycles. The summed E-state index contributed by atoms with van der Waals surface area (Å²) in [6, 6.07) is 9.16. The van der Waals surface area contributed by atoms with Crippen LogP contribution in [0.4, 0.5) is 0 Å². The van der Waals surface area contributed by atoms with E-state index >= 15 is 0 Å². The fourth-order valence-electron chi connectivity index (χ4n) is 1.25. The van der Waals surface area contributed by atoms with E-state index in [9.17, 15) is 4.79 Å². The van der Waals surface area contributed by atoms with Gasteiger partial charge in [-0.05, 0) is 12.5 Å². The molecule has 1 unspecified atom stereocenters. The topological polar surface area (TPSA) is 52.3 Å². The Labute approximate surface area is 95.6 Å². The summed E-state index contributed by atoms with van der Waals surface area (Å²) in [6.07, 6.45) is 0.176. The van der Waals surface area contributed by atoms with Gasteiger partial charge in [0.25, 0.3) is 0 Å². The molecule has 3 nitrogen and oxygen atoms in total. The van der Waals surface area contributed by atoms with Crippen molar-refractivity contribution in [2.24, 2.45) is 5.73 Å². The van der Waals surface area contributed by atoms with Crippen molar-refractivity contribution in [3.8, 4) is 11.8 Å². The van der Waals surface area contributed by atoms with E-state index in [-0.39, 0.29) is 25.0 Å². The summed E-state index contributed by atoms with van der Waals surface area (Å²) in [5, 5.41) is 0. The third-order valence-corrected chi connectivity index (χ3v) is 2.10. The SMILES string of the molecule is CC#CCOC(=O)CC(N)c1ccccc1. The van der Waals surface area contributed by atoms with E-state index in [1.807, 2.05) is 30.3 Å². The predicted molar refractivity (Wildman–Crippen MR) is 62.4 cm³/mol. The molecular formula is C13H15NO2. The first-order chi connectivity index (χ1) is 7.74. The maximum atomic E-state index is 11.3. The van der Waals surface area contributed by atoms with Crippen molar-refractivity contribution in [2.75, 3.05) is 6.61 Å². The summed E-state index contributed by atoms with van der Waals surface area (Å²) in [7, 11) is 0. The monoisotopic (exact) mass is 217 g/mol. The lowest BCUT2D eigenvalue weighted by Gasteiger charge is -2.10. The Morgan fingerprint density at radius 2 is 2.12 bits per heavy atom. The Morgan fingerprint density at radius 3 is 2.75 bits per heavy atom. The zero-order valence-electron chi connectivity index (χ0n) is 9.27. The van der Waals surface area contributed by atoms with Crippen molar-refractivity contribution >= 4 is 5.97 Å². The van der Waals surface area contributed by atoms with Crippen LogP contribution in [0.3, 0.4) is 0 Å². The van der Waals surface area contributed by atoms with Gasteiger partial charge in [-0.25, -0.2) is 0 Å². The second-order valence-corrected chi connectivity index (χ2v) is 3.31. The lowest BCUT2D eigenvalue weighted by atomic mass is 10.1. The van der Waals surface area contributed by atoms with Gasteiger partial charge in [0.05, 0.1) is 6.42 Å². The number of ether oxygens (including phenoxy) is 1. The van der Waals surface area contributed by atoms with Gasteiger partial charge in [-0.3, -0.25) is 4.79 Å². The molecule has 0 radical (unpaired) electrons. The van der Waals surface area contributed by atoms with Crippen LogP contribution in [0.5, 0.6) is 0 Å². The summed E-state index contributed by atoms with van der Waals surface area (Å²) < 4.78 is 4.88. The van der Waals surface area contributed by atoms with E-state index in [0.29, 0.717) is 0 Å². The third kappa shape index (κ3) is 4.16. The number of benzene rings is 1. The first-order valence-electron chi connectivity index (χ1n) is 5.09. The van der Waals surface area contributed by atoms with Crippen LogP contribution < -0.4 is 5.73 Å². The molecule has 0 spiro atoms. The van der Waals surface area contributed by atoms with Crippen LogP contribution in [0.15, 0.2) is 30.3 Å². The van der Waals surface area contributed by atoms with E-state index in [4.69, 9.17) is 10.5 Å². The maximum Gasteiger partial charge on any atom is 0.308 e. The second kappa shape index (κ2) is 6.65. The molecule has 1 aromatic carbocycles. The number of esters is 1. The maximum absolute atomic E-state index is 11.3. The van der Waals surface area contributed by atoms with Crippen molar-refractivity contribution in [3.05, 3.63) is 35.9 Å². The Balaban J connectivity index is 2.41. The Kier molecular flexibility index (Phi) is 5.10. The van der Waals surface area contributed by atoms with Crippen LogP contribution in [0.1, 0.15) is 24.9 Å². The fourth-order valence-corrected chi connectivity index (χ4v) is 1.25. The predicted octanol–water partition coefficient (Wildman–Crippen LogP) is 1.64. The molecule has 0 amide bonds. The molecule has 1 rings (SSSR count). The highest BCUT2D eigenvalue weighted by molar-refractivity contribution is 5.70. The van der Waals surface area contributed by atoms with Crippen LogP contribution >= 0.6 is 0 Å². The molecule has 2 N–H and O–H groups in total. The Morgan fingerprint density at radius 1 is 1.44 bits per heavy atom. The van der Waals surface area contributed by atoms with E-state index < -0.39 is 0 Å². The minimum atomic E-state index is -0.320. The largest absolute Gasteiger partial charge is 0.452 e. The number of carbonyl (C=O) groups is 1. The highest BCUT2D eigenvalue weighted by Gasteiger charge is 2.11. The van der Waals surface area contributed by atoms with Crippen molar-refractivity contribution in [1.82, 2.24) is 0 Å². The van der Waals surface area contributed by atoms with Gasteiger partial charge in [0.15, 0.2) is 6.61 Å². The molecule has 84 valence electrons. The van der Waals surface area contributed by atoms with Gasteiger partial charge in [-0.15, -0.1) is 5.92 Å². The molecule has 0 aliphatic heterocycles. The summed E-state index contributed by atoms with van der Waals surface area (Å²) in [4.78, 5) is 11.3. The second-order valence-electron chi connectivity index (χ2n) is 3.31. The number of nitrogens with two attached hydrogens (primary N) is 1. The molecule has 0 aliphatic carbocycles. The Bertz CT molecular complexity index is 389. The first-order valence-corrected chi connectivity index (χ1v) is 5.09. The van der Waals surface area contributed by atoms with Crippen LogP contribution in [-0.4, -0.2) is 12.6 Å². The first kappa shape index (κ1) is 12.3. The lowest BCUT2D eigenvalue weighted by Crippen LogP contribution is -2.17. The standard InChI is InChI=1S/C13H15NO2/c1-2-3-9-16-13(15)10-12(14)11-7-5-4-6-8-11/h4-8,12H,9-10,14H2,1H3. The van der Waals surface area contributed by atoms with E-state index in [2.05, 4.69) is 11.8 Å². The number of carbonyl (C=O) groups excluding carboxylic acids is 1. The molecule has 1 aromatic rings. The quantitative estimate of drug-likeness (QED) is 0.616. The highest BCUT2D eigenvalue weighted by atomic mass is 16.5. The minimum Gasteiger partial charge on any atom is -0.452 e. The molecule has 0 aromatic heterocycles. The van der Waals surface area contributed by atoms with Crippen molar-refractivity contribution in [1.29, 1.82) is 0 Å². The molecule has 3 heteroatoms. The van der Waals surface area contributed by atoms with E-state index in [1.54, 1.807) is 6.92 Å². The molecule has 1 atom stereocenters. The van der Waals surface area contributed by atoms with Crippen molar-refractivity contribution < 1.29 is 9.53 Å². The minimum absolute atomic E-state index is 0.136. The van der Waals surface area contributed by atoms with Crippen LogP contribution in [0, 0.1) is 11.8 Å². The third-order valence-electron chi connectivity index (χ3n) is 2.10. The summed E-state index contributed by atoms with van der Waals surface area (Å²) in [6.45, 7) is 1.83. The molecule has 0 heterocycles. The van der Waals surface area contributed by atoms with Gasteiger partial charge in [-0.2, -0.15) is 0 Å². The molecule has 0 fully saturated rings. The molecule has 16 heavy (non-hydrogen) atoms. The number of hydrogen-bond acceptors (Lipinski definition) is 3. The molecule has 0 aliphatic rings. The van der Waals surface area contributed by atoms with E-state index in [0.717, 1.165) is 5.56 Å². The van der Waals surface area contributed by atoms with Gasteiger partial charge in [0, 0.05) is 6.04 Å². The summed E-state index contributed by atoms with van der Waals surface area (Å²) in [5.41, 5.74) is 6.79. The van der Waals surface area contributed by atoms with Gasteiger partial charge in [0.2, 0.25) is 0 Å². The zero-order valence-corrected chi connectivity index (χ0v) is 9.27. The zero-order chi connectivity index (χ0) is 11.8. The average Bonchev–Trinajstić information content (AvgIpc) is 2.30. The van der Waals surface area contributed by atoms with E-state index in [1.165, 1.54) is 0 Å². The lowest BCUT2D eigenvalue weighted by molar-refractivity contribution is -0.142. The molecule has 0 saturated heterocycles. The summed E-state index contributed by atoms with van der Waals surface area (Å²) in [5.74, 6) is 4.99. The van der Waals surface area contributed by atoms with Crippen molar-refractivity contribution in [2.45, 2.75) is 19.4 Å². The van der Waals surface area contributed by atoms with Gasteiger partial charge >= 0.3 is 5.97 Å². The normalized spacial score (nSPS) is 11.1. The van der Waals surface area contributed by atoms with Crippen LogP contribution in [0.2, 0.25) is 0 Å². The average molecular weight is 217 g/mol. The van der Waals surface area contributed by atoms with Crippen LogP contribution in [0.25, 0.3) is 0 Å². The molecular weight excluding hydrogens is 202 g/mol. The Hall–Kier alpha value is -1.79. The smallest absolute Gasteiger partial charge is 0.308 e. The highest BCUT2D eigenvalue weighted by Crippen LogP contribution is 2.13.